The lowest BCUT2D eigenvalue weighted by atomic mass is 10.1. The first kappa shape index (κ1) is 14.7. The molecule has 2 aromatic carbocycles. The van der Waals surface area contributed by atoms with E-state index >= 15 is 0 Å². The third kappa shape index (κ3) is 3.02. The lowest BCUT2D eigenvalue weighted by molar-refractivity contribution is 0.250. The van der Waals surface area contributed by atoms with Crippen molar-refractivity contribution in [2.75, 3.05) is 23.4 Å². The summed E-state index contributed by atoms with van der Waals surface area (Å²) in [6.07, 6.45) is 0.976. The Morgan fingerprint density at radius 3 is 2.77 bits per heavy atom. The van der Waals surface area contributed by atoms with E-state index in [1.165, 1.54) is 5.56 Å². The van der Waals surface area contributed by atoms with Gasteiger partial charge in [-0.3, -0.25) is 4.90 Å². The number of anilines is 2. The second-order valence-corrected chi connectivity index (χ2v) is 5.53. The quantitative estimate of drug-likeness (QED) is 0.895. The number of nitrogens with zero attached hydrogens (tertiary/aromatic N) is 1. The Kier molecular flexibility index (Phi) is 4.20. The standard InChI is InChI=1S/C17H17ClN2O2/c1-2-12-3-6-14(7-4-12)19-17(21)20-9-10-22-16-8-5-13(18)11-15(16)20/h3-8,11H,2,9-10H2,1H3,(H,19,21). The summed E-state index contributed by atoms with van der Waals surface area (Å²) in [7, 11) is 0. The van der Waals surface area contributed by atoms with E-state index in [-0.39, 0.29) is 6.03 Å². The van der Waals surface area contributed by atoms with Crippen LogP contribution in [0.4, 0.5) is 16.2 Å². The molecule has 4 nitrogen and oxygen atoms in total. The van der Waals surface area contributed by atoms with Crippen molar-refractivity contribution in [1.82, 2.24) is 0 Å². The summed E-state index contributed by atoms with van der Waals surface area (Å²) in [5.74, 6) is 0.673. The first-order valence-electron chi connectivity index (χ1n) is 7.27. The minimum absolute atomic E-state index is 0.184. The number of carbonyl (C=O) groups excluding carboxylic acids is 1. The fourth-order valence-corrected chi connectivity index (χ4v) is 2.58. The van der Waals surface area contributed by atoms with Crippen LogP contribution in [0, 0.1) is 0 Å². The molecule has 0 spiro atoms. The van der Waals surface area contributed by atoms with Crippen LogP contribution in [-0.4, -0.2) is 19.2 Å². The molecule has 2 amide bonds. The van der Waals surface area contributed by atoms with Crippen molar-refractivity contribution in [2.24, 2.45) is 0 Å². The third-order valence-corrected chi connectivity index (χ3v) is 3.88. The summed E-state index contributed by atoms with van der Waals surface area (Å²) < 4.78 is 5.56. The van der Waals surface area contributed by atoms with Gasteiger partial charge >= 0.3 is 6.03 Å². The molecule has 0 aliphatic carbocycles. The molecule has 22 heavy (non-hydrogen) atoms. The number of halogens is 1. The van der Waals surface area contributed by atoms with Crippen LogP contribution in [0.5, 0.6) is 5.75 Å². The second kappa shape index (κ2) is 6.28. The van der Waals surface area contributed by atoms with Gasteiger partial charge in [0.2, 0.25) is 0 Å². The van der Waals surface area contributed by atoms with Gasteiger partial charge in [0.05, 0.1) is 12.2 Å². The maximum atomic E-state index is 12.5. The third-order valence-electron chi connectivity index (χ3n) is 3.64. The molecular weight excluding hydrogens is 300 g/mol. The van der Waals surface area contributed by atoms with Gasteiger partial charge in [0.25, 0.3) is 0 Å². The van der Waals surface area contributed by atoms with E-state index in [0.29, 0.717) is 29.6 Å². The molecule has 0 fully saturated rings. The Balaban J connectivity index is 1.79. The molecule has 5 heteroatoms. The van der Waals surface area contributed by atoms with Crippen LogP contribution >= 0.6 is 11.6 Å². The van der Waals surface area contributed by atoms with E-state index < -0.39 is 0 Å². The summed E-state index contributed by atoms with van der Waals surface area (Å²) >= 11 is 6.03. The average molecular weight is 317 g/mol. The molecule has 0 atom stereocenters. The first-order valence-corrected chi connectivity index (χ1v) is 7.65. The number of aryl methyl sites for hydroxylation is 1. The highest BCUT2D eigenvalue weighted by Gasteiger charge is 2.24. The van der Waals surface area contributed by atoms with Gasteiger partial charge in [-0.15, -0.1) is 0 Å². The van der Waals surface area contributed by atoms with Crippen molar-refractivity contribution >= 4 is 29.0 Å². The number of nitrogens with one attached hydrogen (secondary N) is 1. The predicted molar refractivity (Wildman–Crippen MR) is 89.1 cm³/mol. The van der Waals surface area contributed by atoms with E-state index in [1.54, 1.807) is 23.1 Å². The monoisotopic (exact) mass is 316 g/mol. The van der Waals surface area contributed by atoms with Gasteiger partial charge in [0, 0.05) is 10.7 Å². The smallest absolute Gasteiger partial charge is 0.326 e. The molecule has 0 saturated heterocycles. The molecule has 0 radical (unpaired) electrons. The summed E-state index contributed by atoms with van der Waals surface area (Å²) in [5, 5.41) is 3.49. The Hall–Kier alpha value is -2.20. The normalized spacial score (nSPS) is 13.3. The lowest BCUT2D eigenvalue weighted by Gasteiger charge is -2.29. The lowest BCUT2D eigenvalue weighted by Crippen LogP contribution is -2.40. The van der Waals surface area contributed by atoms with Crippen LogP contribution in [0.1, 0.15) is 12.5 Å². The van der Waals surface area contributed by atoms with Crippen molar-refractivity contribution in [3.8, 4) is 5.75 Å². The molecule has 1 aliphatic heterocycles. The van der Waals surface area contributed by atoms with Crippen molar-refractivity contribution in [1.29, 1.82) is 0 Å². The number of hydrogen-bond donors (Lipinski definition) is 1. The Bertz CT molecular complexity index is 686. The van der Waals surface area contributed by atoms with Gasteiger partial charge in [-0.1, -0.05) is 30.7 Å². The van der Waals surface area contributed by atoms with Crippen molar-refractivity contribution in [3.05, 3.63) is 53.1 Å². The van der Waals surface area contributed by atoms with Gasteiger partial charge in [-0.05, 0) is 42.3 Å². The summed E-state index contributed by atoms with van der Waals surface area (Å²) in [6, 6.07) is 13.0. The van der Waals surface area contributed by atoms with Crippen LogP contribution in [0.15, 0.2) is 42.5 Å². The molecule has 0 unspecified atom stereocenters. The number of urea groups is 1. The molecule has 1 heterocycles. The number of carbonyl (C=O) groups is 1. The van der Waals surface area contributed by atoms with Crippen LogP contribution < -0.4 is 15.0 Å². The second-order valence-electron chi connectivity index (χ2n) is 5.09. The number of benzene rings is 2. The van der Waals surface area contributed by atoms with Crippen molar-refractivity contribution in [3.63, 3.8) is 0 Å². The van der Waals surface area contributed by atoms with Crippen LogP contribution in [-0.2, 0) is 6.42 Å². The summed E-state index contributed by atoms with van der Waals surface area (Å²) in [6.45, 7) is 3.06. The van der Waals surface area contributed by atoms with Crippen LogP contribution in [0.3, 0.4) is 0 Å². The molecule has 2 aromatic rings. The van der Waals surface area contributed by atoms with E-state index in [2.05, 4.69) is 12.2 Å². The molecule has 0 saturated carbocycles. The fourth-order valence-electron chi connectivity index (χ4n) is 2.42. The zero-order valence-corrected chi connectivity index (χ0v) is 13.1. The highest BCUT2D eigenvalue weighted by Crippen LogP contribution is 2.34. The highest BCUT2D eigenvalue weighted by atomic mass is 35.5. The van der Waals surface area contributed by atoms with Gasteiger partial charge in [-0.25, -0.2) is 4.79 Å². The van der Waals surface area contributed by atoms with Gasteiger partial charge < -0.3 is 10.1 Å². The maximum absolute atomic E-state index is 12.5. The number of amides is 2. The predicted octanol–water partition coefficient (Wildman–Crippen LogP) is 4.33. The first-order chi connectivity index (χ1) is 10.7. The molecule has 1 N–H and O–H groups in total. The topological polar surface area (TPSA) is 41.6 Å². The Labute approximate surface area is 134 Å². The number of hydrogen-bond acceptors (Lipinski definition) is 2. The maximum Gasteiger partial charge on any atom is 0.326 e. The molecule has 114 valence electrons. The van der Waals surface area contributed by atoms with E-state index in [9.17, 15) is 4.79 Å². The molecule has 0 bridgehead atoms. The van der Waals surface area contributed by atoms with Gasteiger partial charge in [0.15, 0.2) is 0 Å². The Morgan fingerprint density at radius 2 is 2.05 bits per heavy atom. The Morgan fingerprint density at radius 1 is 1.27 bits per heavy atom. The molecular formula is C17H17ClN2O2. The minimum atomic E-state index is -0.184. The molecule has 1 aliphatic rings. The average Bonchev–Trinajstić information content (AvgIpc) is 2.55. The van der Waals surface area contributed by atoms with Gasteiger partial charge in [0.1, 0.15) is 12.4 Å². The molecule has 3 rings (SSSR count). The zero-order valence-electron chi connectivity index (χ0n) is 12.3. The largest absolute Gasteiger partial charge is 0.490 e. The fraction of sp³-hybridized carbons (Fsp3) is 0.235. The number of fused-ring (bicyclic) bond motifs is 1. The van der Waals surface area contributed by atoms with Crippen molar-refractivity contribution in [2.45, 2.75) is 13.3 Å². The van der Waals surface area contributed by atoms with E-state index in [1.807, 2.05) is 24.3 Å². The number of rotatable bonds is 2. The zero-order chi connectivity index (χ0) is 15.5. The highest BCUT2D eigenvalue weighted by molar-refractivity contribution is 6.31. The molecule has 0 aromatic heterocycles. The SMILES string of the molecule is CCc1ccc(NC(=O)N2CCOc3ccc(Cl)cc32)cc1. The summed E-state index contributed by atoms with van der Waals surface area (Å²) in [4.78, 5) is 14.2. The van der Waals surface area contributed by atoms with Crippen LogP contribution in [0.2, 0.25) is 5.02 Å². The van der Waals surface area contributed by atoms with Gasteiger partial charge in [-0.2, -0.15) is 0 Å². The summed E-state index contributed by atoms with van der Waals surface area (Å²) in [5.41, 5.74) is 2.71. The number of ether oxygens (including phenoxy) is 1. The van der Waals surface area contributed by atoms with Crippen molar-refractivity contribution < 1.29 is 9.53 Å². The van der Waals surface area contributed by atoms with E-state index in [4.69, 9.17) is 16.3 Å². The van der Waals surface area contributed by atoms with Crippen LogP contribution in [0.25, 0.3) is 0 Å². The minimum Gasteiger partial charge on any atom is -0.490 e. The van der Waals surface area contributed by atoms with E-state index in [0.717, 1.165) is 12.1 Å².